The molecule has 0 amide bonds. The standard InChI is InChI=1S/C17H26N6/c1-3-23-10-6-7-13(23)11-19-17(18)20-12-16-21-14-8-4-5-9-15(14)22(16)2/h4-5,8-9,13H,3,6-7,10-12H2,1-2H3,(H3,18,19,20). The van der Waals surface area contributed by atoms with Gasteiger partial charge in [0.05, 0.1) is 11.0 Å². The summed E-state index contributed by atoms with van der Waals surface area (Å²) in [6.07, 6.45) is 2.51. The molecule has 6 nitrogen and oxygen atoms in total. The molecule has 3 N–H and O–H groups in total. The molecule has 0 radical (unpaired) electrons. The van der Waals surface area contributed by atoms with E-state index in [1.54, 1.807) is 0 Å². The number of nitrogens with zero attached hydrogens (tertiary/aromatic N) is 4. The first kappa shape index (κ1) is 15.8. The van der Waals surface area contributed by atoms with E-state index in [1.165, 1.54) is 19.4 Å². The van der Waals surface area contributed by atoms with Crippen molar-refractivity contribution >= 4 is 17.0 Å². The van der Waals surface area contributed by atoms with Gasteiger partial charge in [0.15, 0.2) is 5.96 Å². The zero-order chi connectivity index (χ0) is 16.2. The molecule has 6 heteroatoms. The average Bonchev–Trinajstić information content (AvgIpc) is 3.15. The van der Waals surface area contributed by atoms with E-state index in [0.29, 0.717) is 18.5 Å². The lowest BCUT2D eigenvalue weighted by Crippen LogP contribution is -2.42. The maximum Gasteiger partial charge on any atom is 0.189 e. The summed E-state index contributed by atoms with van der Waals surface area (Å²) in [7, 11) is 2.02. The van der Waals surface area contributed by atoms with Crippen molar-refractivity contribution in [3.63, 3.8) is 0 Å². The molecule has 1 saturated heterocycles. The molecule has 0 bridgehead atoms. The molecule has 1 aromatic heterocycles. The third-order valence-corrected chi connectivity index (χ3v) is 4.69. The van der Waals surface area contributed by atoms with Crippen molar-refractivity contribution in [1.82, 2.24) is 19.8 Å². The summed E-state index contributed by atoms with van der Waals surface area (Å²) in [4.78, 5) is 11.5. The van der Waals surface area contributed by atoms with Gasteiger partial charge in [0, 0.05) is 19.6 Å². The van der Waals surface area contributed by atoms with Crippen LogP contribution in [0.2, 0.25) is 0 Å². The van der Waals surface area contributed by atoms with Gasteiger partial charge in [0.25, 0.3) is 0 Å². The van der Waals surface area contributed by atoms with Crippen LogP contribution in [0, 0.1) is 0 Å². The molecule has 2 aromatic rings. The highest BCUT2D eigenvalue weighted by Gasteiger charge is 2.22. The molecule has 0 aliphatic carbocycles. The second kappa shape index (κ2) is 7.00. The van der Waals surface area contributed by atoms with Crippen LogP contribution >= 0.6 is 0 Å². The molecular formula is C17H26N6. The lowest BCUT2D eigenvalue weighted by atomic mass is 10.2. The summed E-state index contributed by atoms with van der Waals surface area (Å²) in [5.41, 5.74) is 8.13. The fraction of sp³-hybridized carbons (Fsp3) is 0.529. The first-order valence-corrected chi connectivity index (χ1v) is 8.37. The molecule has 1 aliphatic heterocycles. The van der Waals surface area contributed by atoms with Crippen molar-refractivity contribution in [2.24, 2.45) is 17.8 Å². The van der Waals surface area contributed by atoms with Crippen LogP contribution in [0.3, 0.4) is 0 Å². The maximum absolute atomic E-state index is 6.01. The number of guanidine groups is 1. The summed E-state index contributed by atoms with van der Waals surface area (Å²) >= 11 is 0. The second-order valence-electron chi connectivity index (χ2n) is 6.08. The number of para-hydroxylation sites is 2. The topological polar surface area (TPSA) is 71.5 Å². The summed E-state index contributed by atoms with van der Waals surface area (Å²) in [5.74, 6) is 1.42. The van der Waals surface area contributed by atoms with Gasteiger partial charge in [-0.05, 0) is 38.1 Å². The van der Waals surface area contributed by atoms with E-state index in [2.05, 4.69) is 37.8 Å². The summed E-state index contributed by atoms with van der Waals surface area (Å²) < 4.78 is 2.07. The fourth-order valence-electron chi connectivity index (χ4n) is 3.31. The van der Waals surface area contributed by atoms with E-state index < -0.39 is 0 Å². The number of aryl methyl sites for hydroxylation is 1. The lowest BCUT2D eigenvalue weighted by molar-refractivity contribution is 0.267. The number of benzene rings is 1. The number of likely N-dealkylation sites (tertiary alicyclic amines) is 1. The van der Waals surface area contributed by atoms with Crippen molar-refractivity contribution in [2.45, 2.75) is 32.4 Å². The Bertz CT molecular complexity index is 689. The summed E-state index contributed by atoms with van der Waals surface area (Å²) in [6.45, 7) is 5.86. The highest BCUT2D eigenvalue weighted by Crippen LogP contribution is 2.16. The fourth-order valence-corrected chi connectivity index (χ4v) is 3.31. The third kappa shape index (κ3) is 3.47. The van der Waals surface area contributed by atoms with E-state index in [9.17, 15) is 0 Å². The number of hydrogen-bond donors (Lipinski definition) is 2. The molecule has 1 aromatic carbocycles. The number of aromatic nitrogens is 2. The van der Waals surface area contributed by atoms with Gasteiger partial charge in [0.2, 0.25) is 0 Å². The van der Waals surface area contributed by atoms with Crippen LogP contribution in [0.1, 0.15) is 25.6 Å². The number of rotatable bonds is 5. The summed E-state index contributed by atoms with van der Waals surface area (Å²) in [5, 5.41) is 3.26. The minimum atomic E-state index is 0.492. The van der Waals surface area contributed by atoms with Crippen molar-refractivity contribution in [1.29, 1.82) is 0 Å². The summed E-state index contributed by atoms with van der Waals surface area (Å²) in [6, 6.07) is 8.68. The normalized spacial score (nSPS) is 19.6. The van der Waals surface area contributed by atoms with Crippen LogP contribution in [-0.4, -0.2) is 46.1 Å². The average molecular weight is 314 g/mol. The molecule has 1 unspecified atom stereocenters. The number of nitrogens with one attached hydrogen (secondary N) is 1. The van der Waals surface area contributed by atoms with Crippen LogP contribution in [0.4, 0.5) is 0 Å². The van der Waals surface area contributed by atoms with Crippen LogP contribution in [0.15, 0.2) is 29.3 Å². The van der Waals surface area contributed by atoms with Gasteiger partial charge in [-0.15, -0.1) is 0 Å². The molecule has 0 saturated carbocycles. The van der Waals surface area contributed by atoms with Gasteiger partial charge in [-0.3, -0.25) is 4.90 Å². The Morgan fingerprint density at radius 2 is 2.26 bits per heavy atom. The quantitative estimate of drug-likeness (QED) is 0.647. The van der Waals surface area contributed by atoms with Crippen LogP contribution in [-0.2, 0) is 13.6 Å². The second-order valence-corrected chi connectivity index (χ2v) is 6.08. The Hall–Kier alpha value is -2.08. The van der Waals surface area contributed by atoms with Crippen LogP contribution in [0.5, 0.6) is 0 Å². The number of likely N-dealkylation sites (N-methyl/N-ethyl adjacent to an activating group) is 1. The van der Waals surface area contributed by atoms with E-state index in [4.69, 9.17) is 5.73 Å². The number of nitrogens with two attached hydrogens (primary N) is 1. The molecular weight excluding hydrogens is 288 g/mol. The van der Waals surface area contributed by atoms with E-state index in [-0.39, 0.29) is 0 Å². The molecule has 0 spiro atoms. The highest BCUT2D eigenvalue weighted by atomic mass is 15.2. The van der Waals surface area contributed by atoms with Gasteiger partial charge in [-0.25, -0.2) is 9.98 Å². The predicted octanol–water partition coefficient (Wildman–Crippen LogP) is 1.46. The van der Waals surface area contributed by atoms with Gasteiger partial charge < -0.3 is 15.6 Å². The molecule has 23 heavy (non-hydrogen) atoms. The minimum absolute atomic E-state index is 0.492. The van der Waals surface area contributed by atoms with Crippen molar-refractivity contribution < 1.29 is 0 Å². The van der Waals surface area contributed by atoms with E-state index >= 15 is 0 Å². The van der Waals surface area contributed by atoms with Crippen LogP contribution < -0.4 is 11.1 Å². The molecule has 1 atom stereocenters. The Morgan fingerprint density at radius 3 is 3.04 bits per heavy atom. The van der Waals surface area contributed by atoms with Crippen LogP contribution in [0.25, 0.3) is 11.0 Å². The SMILES string of the molecule is CCN1CCCC1CNC(N)=NCc1nc2ccccc2n1C. The zero-order valence-electron chi connectivity index (χ0n) is 14.0. The Morgan fingerprint density at radius 1 is 1.43 bits per heavy atom. The minimum Gasteiger partial charge on any atom is -0.370 e. The first-order valence-electron chi connectivity index (χ1n) is 8.37. The van der Waals surface area contributed by atoms with Gasteiger partial charge in [-0.1, -0.05) is 19.1 Å². The van der Waals surface area contributed by atoms with Gasteiger partial charge in [0.1, 0.15) is 12.4 Å². The smallest absolute Gasteiger partial charge is 0.189 e. The van der Waals surface area contributed by atoms with Gasteiger partial charge in [-0.2, -0.15) is 0 Å². The first-order chi connectivity index (χ1) is 11.2. The van der Waals surface area contributed by atoms with Gasteiger partial charge >= 0.3 is 0 Å². The molecule has 124 valence electrons. The number of imidazole rings is 1. The largest absolute Gasteiger partial charge is 0.370 e. The Kier molecular flexibility index (Phi) is 4.81. The number of fused-ring (bicyclic) bond motifs is 1. The van der Waals surface area contributed by atoms with Crippen molar-refractivity contribution in [3.8, 4) is 0 Å². The molecule has 1 fully saturated rings. The maximum atomic E-state index is 6.01. The zero-order valence-corrected chi connectivity index (χ0v) is 14.0. The molecule has 2 heterocycles. The Labute approximate surface area is 137 Å². The third-order valence-electron chi connectivity index (χ3n) is 4.69. The lowest BCUT2D eigenvalue weighted by Gasteiger charge is -2.23. The number of hydrogen-bond acceptors (Lipinski definition) is 3. The van der Waals surface area contributed by atoms with E-state index in [1.807, 2.05) is 25.2 Å². The highest BCUT2D eigenvalue weighted by molar-refractivity contribution is 5.78. The Balaban J connectivity index is 1.59. The monoisotopic (exact) mass is 314 g/mol. The van der Waals surface area contributed by atoms with Crippen molar-refractivity contribution in [3.05, 3.63) is 30.1 Å². The van der Waals surface area contributed by atoms with Crippen molar-refractivity contribution in [2.75, 3.05) is 19.6 Å². The van der Waals surface area contributed by atoms with E-state index in [0.717, 1.165) is 29.9 Å². The predicted molar refractivity (Wildman–Crippen MR) is 94.3 cm³/mol. The number of aliphatic imine (C=N–C) groups is 1. The molecule has 3 rings (SSSR count). The molecule has 1 aliphatic rings.